The molecule has 4 nitrogen and oxygen atoms in total. The van der Waals surface area contributed by atoms with E-state index in [1.165, 1.54) is 89.9 Å². The summed E-state index contributed by atoms with van der Waals surface area (Å²) in [5.74, 6) is -0.267. The molecule has 0 spiro atoms. The standard InChI is InChI=1S/C20H40N2O2S2/c23-19(22-24)17-15-13-11-9-7-5-3-1-2-4-6-8-10-12-14-16-18-21-20(25)26/h24H,1-18H2,(H,22,23)(H2,21,25,26). The third-order valence-corrected chi connectivity index (χ3v) is 5.03. The molecule has 0 fully saturated rings. The molecule has 0 bridgehead atoms. The minimum absolute atomic E-state index is 0.267. The summed E-state index contributed by atoms with van der Waals surface area (Å²) >= 11 is 8.90. The molecular formula is C20H40N2O2S2. The summed E-state index contributed by atoms with van der Waals surface area (Å²) < 4.78 is 0.606. The Balaban J connectivity index is 3.03. The predicted octanol–water partition coefficient (Wildman–Crippen LogP) is 5.93. The van der Waals surface area contributed by atoms with Crippen molar-refractivity contribution >= 4 is 35.1 Å². The van der Waals surface area contributed by atoms with E-state index < -0.39 is 0 Å². The van der Waals surface area contributed by atoms with Crippen molar-refractivity contribution in [2.24, 2.45) is 0 Å². The first-order chi connectivity index (χ1) is 12.7. The Hall–Kier alpha value is -0.330. The highest BCUT2D eigenvalue weighted by atomic mass is 32.1. The SMILES string of the molecule is O=C(CCCCCCCCCCCCCCCCCCNC(=S)S)NO. The van der Waals surface area contributed by atoms with E-state index >= 15 is 0 Å². The number of rotatable bonds is 19. The van der Waals surface area contributed by atoms with E-state index in [0.29, 0.717) is 10.7 Å². The molecule has 0 aliphatic carbocycles. The van der Waals surface area contributed by atoms with Crippen molar-refractivity contribution in [1.29, 1.82) is 0 Å². The summed E-state index contributed by atoms with van der Waals surface area (Å²) in [5, 5.41) is 11.5. The molecule has 0 saturated carbocycles. The number of hydroxylamine groups is 1. The molecule has 1 amide bonds. The van der Waals surface area contributed by atoms with Crippen LogP contribution in [0.4, 0.5) is 0 Å². The van der Waals surface area contributed by atoms with Gasteiger partial charge in [0, 0.05) is 13.0 Å². The van der Waals surface area contributed by atoms with E-state index in [4.69, 9.17) is 17.4 Å². The average molecular weight is 405 g/mol. The molecule has 0 heterocycles. The Kier molecular flexibility index (Phi) is 20.7. The Morgan fingerprint density at radius 1 is 0.692 bits per heavy atom. The van der Waals surface area contributed by atoms with E-state index in [0.717, 1.165) is 19.4 Å². The third kappa shape index (κ3) is 21.7. The van der Waals surface area contributed by atoms with Crippen LogP contribution in [-0.2, 0) is 4.79 Å². The van der Waals surface area contributed by atoms with Crippen LogP contribution in [-0.4, -0.2) is 22.0 Å². The maximum absolute atomic E-state index is 10.8. The van der Waals surface area contributed by atoms with Gasteiger partial charge < -0.3 is 5.32 Å². The van der Waals surface area contributed by atoms with Crippen LogP contribution >= 0.6 is 24.8 Å². The van der Waals surface area contributed by atoms with Crippen LogP contribution in [0.1, 0.15) is 109 Å². The number of unbranched alkanes of at least 4 members (excludes halogenated alkanes) is 15. The van der Waals surface area contributed by atoms with Crippen molar-refractivity contribution in [2.45, 2.75) is 109 Å². The summed E-state index contributed by atoms with van der Waals surface area (Å²) in [6, 6.07) is 0. The fourth-order valence-corrected chi connectivity index (χ4v) is 3.35. The molecule has 3 N–H and O–H groups in total. The molecule has 0 unspecified atom stereocenters. The fraction of sp³-hybridized carbons (Fsp3) is 0.900. The van der Waals surface area contributed by atoms with Crippen molar-refractivity contribution in [2.75, 3.05) is 6.54 Å². The van der Waals surface area contributed by atoms with Crippen molar-refractivity contribution in [1.82, 2.24) is 10.8 Å². The maximum atomic E-state index is 10.8. The molecule has 0 saturated heterocycles. The molecule has 0 radical (unpaired) electrons. The van der Waals surface area contributed by atoms with Gasteiger partial charge in [-0.3, -0.25) is 10.0 Å². The molecule has 0 atom stereocenters. The molecule has 0 aliphatic heterocycles. The number of thiocarbonyl (C=S) groups is 1. The zero-order chi connectivity index (χ0) is 19.3. The first kappa shape index (κ1) is 25.7. The van der Waals surface area contributed by atoms with E-state index in [9.17, 15) is 4.79 Å². The van der Waals surface area contributed by atoms with Crippen LogP contribution in [0, 0.1) is 0 Å². The minimum atomic E-state index is -0.267. The number of thiol groups is 1. The lowest BCUT2D eigenvalue weighted by atomic mass is 10.0. The maximum Gasteiger partial charge on any atom is 0.243 e. The minimum Gasteiger partial charge on any atom is -0.371 e. The van der Waals surface area contributed by atoms with E-state index in [2.05, 4.69) is 17.9 Å². The second kappa shape index (κ2) is 21.0. The highest BCUT2D eigenvalue weighted by Gasteiger charge is 1.98. The Labute approximate surface area is 171 Å². The van der Waals surface area contributed by atoms with Crippen LogP contribution in [0.15, 0.2) is 0 Å². The Morgan fingerprint density at radius 3 is 1.38 bits per heavy atom. The van der Waals surface area contributed by atoms with E-state index in [-0.39, 0.29) is 5.91 Å². The van der Waals surface area contributed by atoms with Gasteiger partial charge in [-0.2, -0.15) is 0 Å². The van der Waals surface area contributed by atoms with Crippen molar-refractivity contribution in [3.05, 3.63) is 0 Å². The van der Waals surface area contributed by atoms with Crippen LogP contribution in [0.5, 0.6) is 0 Å². The lowest BCUT2D eigenvalue weighted by Crippen LogP contribution is -2.17. The molecule has 0 aromatic carbocycles. The van der Waals surface area contributed by atoms with Crippen molar-refractivity contribution in [3.63, 3.8) is 0 Å². The van der Waals surface area contributed by atoms with Gasteiger partial charge in [0.1, 0.15) is 4.32 Å². The Bertz CT molecular complexity index is 342. The number of carbonyl (C=O) groups is 1. The normalized spacial score (nSPS) is 10.7. The van der Waals surface area contributed by atoms with Gasteiger partial charge in [-0.1, -0.05) is 102 Å². The first-order valence-corrected chi connectivity index (χ1v) is 11.4. The largest absolute Gasteiger partial charge is 0.371 e. The van der Waals surface area contributed by atoms with Gasteiger partial charge in [-0.05, 0) is 12.8 Å². The monoisotopic (exact) mass is 404 g/mol. The molecular weight excluding hydrogens is 364 g/mol. The summed E-state index contributed by atoms with van der Waals surface area (Å²) in [6.07, 6.45) is 21.0. The van der Waals surface area contributed by atoms with Gasteiger partial charge in [0.2, 0.25) is 5.91 Å². The Morgan fingerprint density at radius 2 is 1.04 bits per heavy atom. The molecule has 0 aromatic rings. The zero-order valence-electron chi connectivity index (χ0n) is 16.4. The zero-order valence-corrected chi connectivity index (χ0v) is 18.1. The van der Waals surface area contributed by atoms with Gasteiger partial charge in [0.05, 0.1) is 0 Å². The number of hydrogen-bond donors (Lipinski definition) is 4. The summed E-state index contributed by atoms with van der Waals surface area (Å²) in [7, 11) is 0. The second-order valence-corrected chi connectivity index (χ2v) is 8.33. The lowest BCUT2D eigenvalue weighted by molar-refractivity contribution is -0.129. The number of carbonyl (C=O) groups excluding carboxylic acids is 1. The lowest BCUT2D eigenvalue weighted by Gasteiger charge is -2.04. The van der Waals surface area contributed by atoms with Gasteiger partial charge in [0.15, 0.2) is 0 Å². The molecule has 154 valence electrons. The van der Waals surface area contributed by atoms with Gasteiger partial charge in [-0.15, -0.1) is 12.6 Å². The first-order valence-electron chi connectivity index (χ1n) is 10.6. The summed E-state index contributed by atoms with van der Waals surface area (Å²) in [5.41, 5.74) is 1.68. The number of hydrogen-bond acceptors (Lipinski definition) is 3. The topological polar surface area (TPSA) is 61.4 Å². The smallest absolute Gasteiger partial charge is 0.243 e. The van der Waals surface area contributed by atoms with Crippen molar-refractivity contribution < 1.29 is 10.0 Å². The highest BCUT2D eigenvalue weighted by Crippen LogP contribution is 2.14. The van der Waals surface area contributed by atoms with Gasteiger partial charge in [-0.25, -0.2) is 5.48 Å². The molecule has 0 rings (SSSR count). The molecule has 0 aromatic heterocycles. The summed E-state index contributed by atoms with van der Waals surface area (Å²) in [6.45, 7) is 0.962. The van der Waals surface area contributed by atoms with Crippen LogP contribution < -0.4 is 10.8 Å². The summed E-state index contributed by atoms with van der Waals surface area (Å²) in [4.78, 5) is 10.8. The fourth-order valence-electron chi connectivity index (χ4n) is 3.14. The highest BCUT2D eigenvalue weighted by molar-refractivity contribution is 8.11. The van der Waals surface area contributed by atoms with Gasteiger partial charge in [0.25, 0.3) is 0 Å². The van der Waals surface area contributed by atoms with Crippen LogP contribution in [0.2, 0.25) is 0 Å². The molecule has 6 heteroatoms. The molecule has 0 aliphatic rings. The number of nitrogens with one attached hydrogen (secondary N) is 2. The van der Waals surface area contributed by atoms with Gasteiger partial charge >= 0.3 is 0 Å². The average Bonchev–Trinajstić information content (AvgIpc) is 2.63. The quantitative estimate of drug-likeness (QED) is 0.0708. The van der Waals surface area contributed by atoms with E-state index in [1.54, 1.807) is 5.48 Å². The predicted molar refractivity (Wildman–Crippen MR) is 118 cm³/mol. The van der Waals surface area contributed by atoms with E-state index in [1.807, 2.05) is 0 Å². The van der Waals surface area contributed by atoms with Crippen LogP contribution in [0.25, 0.3) is 0 Å². The number of amides is 1. The molecule has 26 heavy (non-hydrogen) atoms. The second-order valence-electron chi connectivity index (χ2n) is 7.17. The van der Waals surface area contributed by atoms with Crippen LogP contribution in [0.3, 0.4) is 0 Å². The van der Waals surface area contributed by atoms with Crippen molar-refractivity contribution in [3.8, 4) is 0 Å². The third-order valence-electron chi connectivity index (χ3n) is 4.73.